The fourth-order valence-corrected chi connectivity index (χ4v) is 4.03. The molecule has 0 amide bonds. The van der Waals surface area contributed by atoms with Crippen molar-refractivity contribution in [2.24, 2.45) is 21.8 Å². The van der Waals surface area contributed by atoms with E-state index in [1.54, 1.807) is 0 Å². The fourth-order valence-electron chi connectivity index (χ4n) is 3.86. The highest BCUT2D eigenvalue weighted by atomic mass is 32.1. The Labute approximate surface area is 142 Å². The van der Waals surface area contributed by atoms with E-state index in [1.807, 2.05) is 31.2 Å². The molecule has 0 saturated heterocycles. The standard InChI is InChI=1S/C18H23N3OS/c1-11-5-7-12(8-6-11)19-16(23)21-20-14-13-9-10-18(4,15(14)22)17(13,2)3/h5-8,13H,9-10H2,1-4H3,(H2,19,21,23)/b20-14+. The summed E-state index contributed by atoms with van der Waals surface area (Å²) in [6, 6.07) is 7.95. The lowest BCUT2D eigenvalue weighted by Gasteiger charge is -2.31. The molecule has 2 N–H and O–H groups in total. The summed E-state index contributed by atoms with van der Waals surface area (Å²) in [5.41, 5.74) is 5.27. The van der Waals surface area contributed by atoms with Gasteiger partial charge in [0.15, 0.2) is 10.9 Å². The molecular weight excluding hydrogens is 306 g/mol. The maximum atomic E-state index is 12.7. The van der Waals surface area contributed by atoms with E-state index in [9.17, 15) is 4.79 Å². The number of carbonyl (C=O) groups excluding carboxylic acids is 1. The summed E-state index contributed by atoms with van der Waals surface area (Å²) < 4.78 is 0. The van der Waals surface area contributed by atoms with Gasteiger partial charge in [0.05, 0.1) is 0 Å². The zero-order valence-corrected chi connectivity index (χ0v) is 14.9. The quantitative estimate of drug-likeness (QED) is 0.642. The molecule has 1 aromatic carbocycles. The summed E-state index contributed by atoms with van der Waals surface area (Å²) in [4.78, 5) is 12.7. The first-order valence-electron chi connectivity index (χ1n) is 8.02. The Hall–Kier alpha value is -1.75. The first-order chi connectivity index (χ1) is 10.8. The van der Waals surface area contributed by atoms with Gasteiger partial charge in [0.1, 0.15) is 5.71 Å². The monoisotopic (exact) mass is 329 g/mol. The third-order valence-corrected chi connectivity index (χ3v) is 6.07. The Balaban J connectivity index is 1.70. The Morgan fingerprint density at radius 3 is 2.48 bits per heavy atom. The number of thiocarbonyl (C=S) groups is 1. The van der Waals surface area contributed by atoms with Crippen molar-refractivity contribution in [1.82, 2.24) is 5.43 Å². The van der Waals surface area contributed by atoms with Crippen LogP contribution in [0.2, 0.25) is 0 Å². The largest absolute Gasteiger partial charge is 0.331 e. The third-order valence-electron chi connectivity index (χ3n) is 5.88. The number of Topliss-reactive ketones (excluding diaryl/α,β-unsaturated/α-hetero) is 1. The Morgan fingerprint density at radius 2 is 1.91 bits per heavy atom. The van der Waals surface area contributed by atoms with Crippen molar-refractivity contribution in [3.8, 4) is 0 Å². The van der Waals surface area contributed by atoms with Gasteiger partial charge in [-0.15, -0.1) is 0 Å². The molecule has 2 aliphatic rings. The maximum Gasteiger partial charge on any atom is 0.191 e. The molecule has 2 unspecified atom stereocenters. The summed E-state index contributed by atoms with van der Waals surface area (Å²) in [6.45, 7) is 8.46. The van der Waals surface area contributed by atoms with Crippen molar-refractivity contribution in [3.05, 3.63) is 29.8 Å². The number of benzene rings is 1. The Morgan fingerprint density at radius 1 is 1.26 bits per heavy atom. The smallest absolute Gasteiger partial charge is 0.191 e. The number of ketones is 1. The first-order valence-corrected chi connectivity index (χ1v) is 8.42. The van der Waals surface area contributed by atoms with E-state index in [0.717, 1.165) is 18.5 Å². The average Bonchev–Trinajstić information content (AvgIpc) is 2.80. The second-order valence-electron chi connectivity index (χ2n) is 7.40. The van der Waals surface area contributed by atoms with Crippen LogP contribution in [0, 0.1) is 23.7 Å². The predicted molar refractivity (Wildman–Crippen MR) is 97.6 cm³/mol. The van der Waals surface area contributed by atoms with Gasteiger partial charge < -0.3 is 5.32 Å². The van der Waals surface area contributed by atoms with Gasteiger partial charge in [-0.25, -0.2) is 0 Å². The van der Waals surface area contributed by atoms with E-state index in [2.05, 4.69) is 36.6 Å². The molecule has 2 saturated carbocycles. The third kappa shape index (κ3) is 2.47. The number of hydrazone groups is 1. The van der Waals surface area contributed by atoms with Gasteiger partial charge >= 0.3 is 0 Å². The lowest BCUT2D eigenvalue weighted by molar-refractivity contribution is -0.123. The molecule has 2 bridgehead atoms. The lowest BCUT2D eigenvalue weighted by Crippen LogP contribution is -2.34. The highest BCUT2D eigenvalue weighted by Crippen LogP contribution is 2.62. The predicted octanol–water partition coefficient (Wildman–Crippen LogP) is 3.66. The summed E-state index contributed by atoms with van der Waals surface area (Å²) >= 11 is 5.27. The van der Waals surface area contributed by atoms with Gasteiger partial charge in [-0.3, -0.25) is 10.2 Å². The second-order valence-corrected chi connectivity index (χ2v) is 7.81. The second kappa shape index (κ2) is 5.41. The van der Waals surface area contributed by atoms with Gasteiger partial charge in [0.25, 0.3) is 0 Å². The molecule has 4 nitrogen and oxygen atoms in total. The number of fused-ring (bicyclic) bond motifs is 2. The van der Waals surface area contributed by atoms with Crippen LogP contribution < -0.4 is 10.7 Å². The van der Waals surface area contributed by atoms with E-state index >= 15 is 0 Å². The Kier molecular flexibility index (Phi) is 3.79. The summed E-state index contributed by atoms with van der Waals surface area (Å²) in [6.07, 6.45) is 1.97. The van der Waals surface area contributed by atoms with Crippen molar-refractivity contribution < 1.29 is 4.79 Å². The molecule has 2 aliphatic carbocycles. The van der Waals surface area contributed by atoms with Crippen molar-refractivity contribution >= 4 is 34.5 Å². The van der Waals surface area contributed by atoms with E-state index in [0.29, 0.717) is 10.8 Å². The molecule has 1 aromatic rings. The van der Waals surface area contributed by atoms with Crippen LogP contribution in [-0.2, 0) is 4.79 Å². The molecule has 2 atom stereocenters. The number of anilines is 1. The molecule has 0 aromatic heterocycles. The number of nitrogens with one attached hydrogen (secondary N) is 2. The van der Waals surface area contributed by atoms with Gasteiger partial charge in [0.2, 0.25) is 0 Å². The first kappa shape index (κ1) is 16.1. The zero-order chi connectivity index (χ0) is 16.8. The summed E-state index contributed by atoms with van der Waals surface area (Å²) in [7, 11) is 0. The zero-order valence-electron chi connectivity index (χ0n) is 14.1. The SMILES string of the molecule is Cc1ccc(NC(=S)N/N=C2/C(=O)C3(C)CCC2C3(C)C)cc1. The molecule has 0 heterocycles. The van der Waals surface area contributed by atoms with Crippen LogP contribution in [0.1, 0.15) is 39.2 Å². The van der Waals surface area contributed by atoms with Crippen molar-refractivity contribution in [3.63, 3.8) is 0 Å². The molecule has 2 fully saturated rings. The van der Waals surface area contributed by atoms with Crippen LogP contribution in [0.4, 0.5) is 5.69 Å². The van der Waals surface area contributed by atoms with E-state index in [4.69, 9.17) is 12.2 Å². The lowest BCUT2D eigenvalue weighted by atomic mass is 9.70. The molecule has 3 rings (SSSR count). The number of rotatable bonds is 2. The summed E-state index contributed by atoms with van der Waals surface area (Å²) in [5, 5.41) is 7.84. The van der Waals surface area contributed by atoms with E-state index in [-0.39, 0.29) is 22.5 Å². The highest BCUT2D eigenvalue weighted by Gasteiger charge is 2.65. The van der Waals surface area contributed by atoms with Gasteiger partial charge in [-0.1, -0.05) is 38.5 Å². The van der Waals surface area contributed by atoms with Gasteiger partial charge in [-0.2, -0.15) is 5.10 Å². The van der Waals surface area contributed by atoms with E-state index in [1.165, 1.54) is 5.56 Å². The molecule has 5 heteroatoms. The normalized spacial score (nSPS) is 29.8. The summed E-state index contributed by atoms with van der Waals surface area (Å²) in [5.74, 6) is 0.388. The number of nitrogens with zero attached hydrogens (tertiary/aromatic N) is 1. The van der Waals surface area contributed by atoms with Crippen LogP contribution in [0.3, 0.4) is 0 Å². The van der Waals surface area contributed by atoms with Gasteiger partial charge in [-0.05, 0) is 49.5 Å². The molecule has 0 spiro atoms. The van der Waals surface area contributed by atoms with Gasteiger partial charge in [0, 0.05) is 17.0 Å². The highest BCUT2D eigenvalue weighted by molar-refractivity contribution is 7.80. The number of hydrogen-bond donors (Lipinski definition) is 2. The molecular formula is C18H23N3OS. The average molecular weight is 329 g/mol. The molecule has 0 aliphatic heterocycles. The number of carbonyl (C=O) groups is 1. The van der Waals surface area contributed by atoms with Crippen molar-refractivity contribution in [2.45, 2.75) is 40.5 Å². The van der Waals surface area contributed by atoms with Crippen LogP contribution in [-0.4, -0.2) is 16.6 Å². The van der Waals surface area contributed by atoms with Crippen LogP contribution in [0.15, 0.2) is 29.4 Å². The maximum absolute atomic E-state index is 12.7. The Bertz CT molecular complexity index is 693. The molecule has 122 valence electrons. The number of hydrogen-bond acceptors (Lipinski definition) is 3. The van der Waals surface area contributed by atoms with Crippen molar-refractivity contribution in [2.75, 3.05) is 5.32 Å². The van der Waals surface area contributed by atoms with Crippen LogP contribution in [0.25, 0.3) is 0 Å². The fraction of sp³-hybridized carbons (Fsp3) is 0.500. The number of aryl methyl sites for hydroxylation is 1. The van der Waals surface area contributed by atoms with Crippen LogP contribution in [0.5, 0.6) is 0 Å². The minimum absolute atomic E-state index is 0.0311. The molecule has 0 radical (unpaired) electrons. The van der Waals surface area contributed by atoms with E-state index < -0.39 is 0 Å². The molecule has 23 heavy (non-hydrogen) atoms. The van der Waals surface area contributed by atoms with Crippen molar-refractivity contribution in [1.29, 1.82) is 0 Å². The minimum Gasteiger partial charge on any atom is -0.331 e. The van der Waals surface area contributed by atoms with Crippen LogP contribution >= 0.6 is 12.2 Å². The minimum atomic E-state index is -0.288. The topological polar surface area (TPSA) is 53.5 Å².